The number of ketones is 2. The number of benzene rings is 2. The molecule has 0 aliphatic carbocycles. The quantitative estimate of drug-likeness (QED) is 0.0507. The van der Waals surface area contributed by atoms with Gasteiger partial charge in [0.05, 0.1) is 18.8 Å². The molecule has 0 radical (unpaired) electrons. The maximum absolute atomic E-state index is 13.8. The third-order valence-electron chi connectivity index (χ3n) is 8.39. The number of hydrogen-bond donors (Lipinski definition) is 1. The van der Waals surface area contributed by atoms with E-state index >= 15 is 0 Å². The Labute approximate surface area is 260 Å². The molecule has 1 fully saturated rings. The smallest absolute Gasteiger partial charge is 0.335 e. The number of morpholine rings is 1. The van der Waals surface area contributed by atoms with Gasteiger partial charge in [0, 0.05) is 59.0 Å². The number of aromatic nitrogens is 1. The highest BCUT2D eigenvalue weighted by Crippen LogP contribution is 2.32. The minimum Gasteiger partial charge on any atom is -0.379 e. The minimum atomic E-state index is -0.673. The summed E-state index contributed by atoms with van der Waals surface area (Å²) in [6.07, 6.45) is 5.13. The summed E-state index contributed by atoms with van der Waals surface area (Å²) in [6.45, 7) is 11.5. The van der Waals surface area contributed by atoms with Crippen LogP contribution in [0.1, 0.15) is 93.4 Å². The van der Waals surface area contributed by atoms with Crippen LogP contribution in [0.3, 0.4) is 0 Å². The molecule has 3 aromatic rings. The molecule has 232 valence electrons. The topological polar surface area (TPSA) is 90.2 Å². The molecule has 0 spiro atoms. The zero-order valence-electron chi connectivity index (χ0n) is 26.0. The zero-order chi connectivity index (χ0) is 31.0. The number of carbonyl (C=O) groups is 3. The molecule has 0 bridgehead atoms. The lowest BCUT2D eigenvalue weighted by Gasteiger charge is -2.39. The predicted octanol–water partition coefficient (Wildman–Crippen LogP) is 6.87. The van der Waals surface area contributed by atoms with Gasteiger partial charge in [-0.2, -0.15) is 12.6 Å². The lowest BCUT2D eigenvalue weighted by molar-refractivity contribution is -0.143. The molecule has 9 heteroatoms. The van der Waals surface area contributed by atoms with Crippen LogP contribution in [0.25, 0.3) is 21.8 Å². The van der Waals surface area contributed by atoms with Gasteiger partial charge in [-0.15, -0.1) is 0 Å². The Morgan fingerprint density at radius 2 is 1.56 bits per heavy atom. The van der Waals surface area contributed by atoms with E-state index < -0.39 is 11.5 Å². The van der Waals surface area contributed by atoms with Crippen LogP contribution in [0, 0.1) is 0 Å². The van der Waals surface area contributed by atoms with E-state index in [1.165, 1.54) is 0 Å². The molecule has 0 saturated carbocycles. The lowest BCUT2D eigenvalue weighted by atomic mass is 9.90. The normalized spacial score (nSPS) is 14.9. The molecule has 1 aliphatic rings. The Bertz CT molecular complexity index is 1490. The van der Waals surface area contributed by atoms with Crippen molar-refractivity contribution in [1.29, 1.82) is 0 Å². The van der Waals surface area contributed by atoms with Crippen molar-refractivity contribution in [2.24, 2.45) is 5.16 Å². The summed E-state index contributed by atoms with van der Waals surface area (Å²) in [5, 5.41) is 5.84. The molecule has 43 heavy (non-hydrogen) atoms. The Morgan fingerprint density at radius 1 is 0.907 bits per heavy atom. The summed E-state index contributed by atoms with van der Waals surface area (Å²) in [7, 11) is 0. The number of oxime groups is 1. The summed E-state index contributed by atoms with van der Waals surface area (Å²) in [4.78, 5) is 47.1. The number of Topliss-reactive ketones (excluding diaryl/α,β-unsaturated/α-hetero) is 2. The van der Waals surface area contributed by atoms with E-state index in [1.807, 2.05) is 44.2 Å². The van der Waals surface area contributed by atoms with E-state index in [0.29, 0.717) is 56.0 Å². The highest BCUT2D eigenvalue weighted by atomic mass is 32.1. The van der Waals surface area contributed by atoms with Gasteiger partial charge in [-0.25, -0.2) is 4.79 Å². The second-order valence-electron chi connectivity index (χ2n) is 11.7. The van der Waals surface area contributed by atoms with Crippen LogP contribution in [0.4, 0.5) is 0 Å². The fourth-order valence-electron chi connectivity index (χ4n) is 5.81. The van der Waals surface area contributed by atoms with E-state index in [2.05, 4.69) is 41.1 Å². The predicted molar refractivity (Wildman–Crippen MR) is 176 cm³/mol. The SMILES string of the molecule is CCCCCCC(=O)O/N=C(\CCCS)C(=O)c1ccc2c(c1)c1cc(C(=O)C(C)(C)N3CCOCC3)ccc1n2CC. The minimum absolute atomic E-state index is 0.0543. The van der Waals surface area contributed by atoms with E-state index in [4.69, 9.17) is 9.57 Å². The average molecular weight is 608 g/mol. The van der Waals surface area contributed by atoms with Crippen LogP contribution in [-0.2, 0) is 20.9 Å². The molecule has 8 nitrogen and oxygen atoms in total. The maximum Gasteiger partial charge on any atom is 0.335 e. The van der Waals surface area contributed by atoms with Crippen molar-refractivity contribution in [3.8, 4) is 0 Å². The van der Waals surface area contributed by atoms with Crippen molar-refractivity contribution in [3.63, 3.8) is 0 Å². The third kappa shape index (κ3) is 7.56. The van der Waals surface area contributed by atoms with Gasteiger partial charge in [0.15, 0.2) is 5.78 Å². The van der Waals surface area contributed by atoms with Gasteiger partial charge in [0.25, 0.3) is 0 Å². The van der Waals surface area contributed by atoms with Crippen LogP contribution in [-0.4, -0.2) is 70.3 Å². The zero-order valence-corrected chi connectivity index (χ0v) is 26.9. The average Bonchev–Trinajstić information content (AvgIpc) is 3.35. The fraction of sp³-hybridized carbons (Fsp3) is 0.529. The molecule has 2 heterocycles. The van der Waals surface area contributed by atoms with Crippen LogP contribution in [0.2, 0.25) is 0 Å². The second-order valence-corrected chi connectivity index (χ2v) is 12.1. The number of unbranched alkanes of at least 4 members (excludes halogenated alkanes) is 3. The molecule has 0 amide bonds. The standard InChI is InChI=1S/C34H45N3O5S/c1-5-7-8-9-12-31(38)42-35-28(11-10-21-43)32(39)24-13-15-29-26(22-24)27-23-25(14-16-30(27)37(29)6-2)33(40)34(3,4)36-17-19-41-20-18-36/h13-16,22-23,43H,5-12,17-21H2,1-4H3/b35-28+. The lowest BCUT2D eigenvalue weighted by Crippen LogP contribution is -2.54. The summed E-state index contributed by atoms with van der Waals surface area (Å²) < 4.78 is 7.69. The van der Waals surface area contributed by atoms with Gasteiger partial charge >= 0.3 is 5.97 Å². The molecule has 1 aliphatic heterocycles. The first-order valence-electron chi connectivity index (χ1n) is 15.6. The molecule has 0 unspecified atom stereocenters. The monoisotopic (exact) mass is 607 g/mol. The number of nitrogens with zero attached hydrogens (tertiary/aromatic N) is 3. The van der Waals surface area contributed by atoms with Crippen LogP contribution < -0.4 is 0 Å². The Hall–Kier alpha value is -3.01. The third-order valence-corrected chi connectivity index (χ3v) is 8.70. The summed E-state index contributed by atoms with van der Waals surface area (Å²) in [5.74, 6) is -0.0668. The van der Waals surface area contributed by atoms with E-state index in [0.717, 1.165) is 54.0 Å². The van der Waals surface area contributed by atoms with Gasteiger partial charge in [-0.3, -0.25) is 14.5 Å². The molecular formula is C34H45N3O5S. The van der Waals surface area contributed by atoms with E-state index in [1.54, 1.807) is 6.07 Å². The van der Waals surface area contributed by atoms with Crippen LogP contribution >= 0.6 is 12.6 Å². The first-order chi connectivity index (χ1) is 20.7. The molecule has 0 atom stereocenters. The van der Waals surface area contributed by atoms with Gasteiger partial charge in [-0.05, 0) is 82.2 Å². The number of rotatable bonds is 15. The largest absolute Gasteiger partial charge is 0.379 e. The number of fused-ring (bicyclic) bond motifs is 3. The number of aryl methyl sites for hydroxylation is 1. The molecule has 1 aromatic heterocycles. The van der Waals surface area contributed by atoms with Gasteiger partial charge in [0.1, 0.15) is 5.71 Å². The van der Waals surface area contributed by atoms with Gasteiger partial charge in [-0.1, -0.05) is 31.3 Å². The van der Waals surface area contributed by atoms with Crippen LogP contribution in [0.15, 0.2) is 41.6 Å². The van der Waals surface area contributed by atoms with Crippen molar-refractivity contribution < 1.29 is 24.0 Å². The highest BCUT2D eigenvalue weighted by Gasteiger charge is 2.36. The van der Waals surface area contributed by atoms with E-state index in [9.17, 15) is 14.4 Å². The van der Waals surface area contributed by atoms with E-state index in [-0.39, 0.29) is 23.7 Å². The first-order valence-corrected chi connectivity index (χ1v) is 16.2. The Balaban J connectivity index is 1.67. The second kappa shape index (κ2) is 15.1. The first kappa shape index (κ1) is 32.9. The van der Waals surface area contributed by atoms with Crippen LogP contribution in [0.5, 0.6) is 0 Å². The van der Waals surface area contributed by atoms with Crippen molar-refractivity contribution >= 4 is 57.7 Å². The summed E-state index contributed by atoms with van der Waals surface area (Å²) in [6, 6.07) is 11.5. The Morgan fingerprint density at radius 3 is 2.19 bits per heavy atom. The molecule has 4 rings (SSSR count). The van der Waals surface area contributed by atoms with Crippen molar-refractivity contribution in [1.82, 2.24) is 9.47 Å². The van der Waals surface area contributed by atoms with Crippen molar-refractivity contribution in [2.75, 3.05) is 32.1 Å². The number of carbonyl (C=O) groups excluding carboxylic acids is 3. The highest BCUT2D eigenvalue weighted by molar-refractivity contribution is 7.80. The number of ether oxygens (including phenoxy) is 1. The summed E-state index contributed by atoms with van der Waals surface area (Å²) >= 11 is 4.29. The van der Waals surface area contributed by atoms with Crippen molar-refractivity contribution in [2.45, 2.75) is 84.7 Å². The number of thiol groups is 1. The molecular weight excluding hydrogens is 562 g/mol. The molecule has 1 saturated heterocycles. The molecule has 0 N–H and O–H groups in total. The number of hydrogen-bond acceptors (Lipinski definition) is 8. The fourth-order valence-corrected chi connectivity index (χ4v) is 5.97. The summed E-state index contributed by atoms with van der Waals surface area (Å²) in [5.41, 5.74) is 2.62. The Kier molecular flexibility index (Phi) is 11.6. The van der Waals surface area contributed by atoms with Gasteiger partial charge < -0.3 is 14.1 Å². The van der Waals surface area contributed by atoms with Gasteiger partial charge in [0.2, 0.25) is 5.78 Å². The maximum atomic E-state index is 13.8. The van der Waals surface area contributed by atoms with Crippen molar-refractivity contribution in [3.05, 3.63) is 47.5 Å². The molecule has 2 aromatic carbocycles.